The van der Waals surface area contributed by atoms with Crippen molar-refractivity contribution in [2.24, 2.45) is 0 Å². The third-order valence-corrected chi connectivity index (χ3v) is 9.41. The van der Waals surface area contributed by atoms with Gasteiger partial charge in [-0.05, 0) is 58.8 Å². The highest BCUT2D eigenvalue weighted by molar-refractivity contribution is 6.76. The van der Waals surface area contributed by atoms with Crippen LogP contribution in [0.4, 0.5) is 9.18 Å². The summed E-state index contributed by atoms with van der Waals surface area (Å²) in [7, 11) is -1.32. The maximum Gasteiger partial charge on any atom is 0.527 e. The van der Waals surface area contributed by atoms with Gasteiger partial charge in [-0.25, -0.2) is 9.18 Å². The van der Waals surface area contributed by atoms with Crippen LogP contribution in [0.15, 0.2) is 91.0 Å². The van der Waals surface area contributed by atoms with Gasteiger partial charge in [-0.1, -0.05) is 86.4 Å². The Morgan fingerprint density at radius 2 is 1.70 bits per heavy atom. The smallest absolute Gasteiger partial charge is 0.488 e. The number of hydroxylamine groups is 2. The molecule has 1 aliphatic heterocycles. The van der Waals surface area contributed by atoms with Crippen molar-refractivity contribution in [1.29, 1.82) is 0 Å². The molecule has 0 bridgehead atoms. The minimum absolute atomic E-state index is 0.0295. The predicted molar refractivity (Wildman–Crippen MR) is 169 cm³/mol. The van der Waals surface area contributed by atoms with E-state index in [4.69, 9.17) is 19.0 Å². The summed E-state index contributed by atoms with van der Waals surface area (Å²) in [5, 5.41) is 3.73. The molecule has 0 saturated carbocycles. The molecule has 1 fully saturated rings. The zero-order valence-electron chi connectivity index (χ0n) is 25.1. The van der Waals surface area contributed by atoms with Crippen LogP contribution >= 0.6 is 0 Å². The van der Waals surface area contributed by atoms with Gasteiger partial charge in [0.15, 0.2) is 0 Å². The second-order valence-electron chi connectivity index (χ2n) is 12.3. The summed E-state index contributed by atoms with van der Waals surface area (Å²) < 4.78 is 31.7. The normalized spacial score (nSPS) is 17.5. The molecule has 0 aromatic heterocycles. The maximum atomic E-state index is 13.7. The lowest BCUT2D eigenvalue weighted by Crippen LogP contribution is -2.45. The SMILES string of the molecule is C[Si](C)(C)CCOC(=O)ON1CCC(c2ccc(F)cc2)C(OCc2ccc3c(OCc4ccccc4)cccc3c2)C1. The van der Waals surface area contributed by atoms with Gasteiger partial charge in [-0.15, -0.1) is 5.06 Å². The average molecular weight is 602 g/mol. The molecule has 4 aromatic carbocycles. The molecule has 6 nitrogen and oxygen atoms in total. The largest absolute Gasteiger partial charge is 0.527 e. The number of hydrogen-bond donors (Lipinski definition) is 0. The van der Waals surface area contributed by atoms with Gasteiger partial charge in [0.05, 0.1) is 25.9 Å². The van der Waals surface area contributed by atoms with Crippen LogP contribution in [0.2, 0.25) is 25.7 Å². The first-order valence-electron chi connectivity index (χ1n) is 14.9. The third-order valence-electron chi connectivity index (χ3n) is 7.70. The highest BCUT2D eigenvalue weighted by atomic mass is 28.3. The van der Waals surface area contributed by atoms with Crippen LogP contribution in [-0.4, -0.2) is 45.1 Å². The first-order valence-corrected chi connectivity index (χ1v) is 18.6. The second-order valence-corrected chi connectivity index (χ2v) is 17.9. The lowest BCUT2D eigenvalue weighted by atomic mass is 9.87. The standard InChI is InChI=1S/C35H40FNO5Si/c1-43(2,3)21-20-39-35(38)42-37-19-18-32(28-13-15-30(36)16-14-28)34(23-37)41-25-27-12-17-31-29(22-27)10-7-11-33(31)40-24-26-8-5-4-6-9-26/h4-17,22,32,34H,18-21,23-25H2,1-3H3. The third kappa shape index (κ3) is 8.89. The number of carbonyl (C=O) groups excluding carboxylic acids is 1. The number of rotatable bonds is 11. The number of nitrogens with zero attached hydrogens (tertiary/aromatic N) is 1. The Morgan fingerprint density at radius 3 is 2.47 bits per heavy atom. The molecule has 2 unspecified atom stereocenters. The van der Waals surface area contributed by atoms with Crippen molar-refractivity contribution < 1.29 is 28.2 Å². The molecular formula is C35H40FNO5Si. The number of piperidine rings is 1. The molecule has 0 spiro atoms. The quantitative estimate of drug-likeness (QED) is 0.127. The topological polar surface area (TPSA) is 57.2 Å². The van der Waals surface area contributed by atoms with Crippen molar-refractivity contribution in [3.63, 3.8) is 0 Å². The average Bonchev–Trinajstić information content (AvgIpc) is 2.99. The van der Waals surface area contributed by atoms with Crippen molar-refractivity contribution in [2.75, 3.05) is 19.7 Å². The maximum absolute atomic E-state index is 13.7. The van der Waals surface area contributed by atoms with Gasteiger partial charge in [0, 0.05) is 25.9 Å². The highest BCUT2D eigenvalue weighted by Gasteiger charge is 2.33. The summed E-state index contributed by atoms with van der Waals surface area (Å²) >= 11 is 0. The molecule has 0 amide bonds. The summed E-state index contributed by atoms with van der Waals surface area (Å²) in [5.41, 5.74) is 3.14. The van der Waals surface area contributed by atoms with E-state index in [0.29, 0.717) is 39.3 Å². The molecule has 226 valence electrons. The summed E-state index contributed by atoms with van der Waals surface area (Å²) in [6, 6.07) is 29.9. The van der Waals surface area contributed by atoms with E-state index in [1.165, 1.54) is 12.1 Å². The van der Waals surface area contributed by atoms with Gasteiger partial charge in [-0.3, -0.25) is 0 Å². The Kier molecular flexibility index (Phi) is 10.1. The molecule has 0 radical (unpaired) electrons. The highest BCUT2D eigenvalue weighted by Crippen LogP contribution is 2.32. The van der Waals surface area contributed by atoms with E-state index < -0.39 is 14.2 Å². The zero-order valence-corrected chi connectivity index (χ0v) is 26.1. The Bertz CT molecular complexity index is 1490. The Labute approximate surface area is 254 Å². The molecule has 8 heteroatoms. The van der Waals surface area contributed by atoms with Gasteiger partial charge in [-0.2, -0.15) is 0 Å². The molecule has 0 N–H and O–H groups in total. The summed E-state index contributed by atoms with van der Waals surface area (Å²) in [4.78, 5) is 17.9. The van der Waals surface area contributed by atoms with Gasteiger partial charge >= 0.3 is 6.16 Å². The Hall–Kier alpha value is -3.72. The lowest BCUT2D eigenvalue weighted by Gasteiger charge is -2.37. The van der Waals surface area contributed by atoms with Gasteiger partial charge in [0.25, 0.3) is 0 Å². The lowest BCUT2D eigenvalue weighted by molar-refractivity contribution is -0.170. The van der Waals surface area contributed by atoms with E-state index in [2.05, 4.69) is 56.0 Å². The second kappa shape index (κ2) is 14.2. The van der Waals surface area contributed by atoms with Crippen LogP contribution in [0.25, 0.3) is 10.8 Å². The van der Waals surface area contributed by atoms with Gasteiger partial charge in [0.1, 0.15) is 18.2 Å². The van der Waals surface area contributed by atoms with Crippen molar-refractivity contribution >= 4 is 25.0 Å². The number of halogens is 1. The van der Waals surface area contributed by atoms with E-state index >= 15 is 0 Å². The number of fused-ring (bicyclic) bond motifs is 1. The molecule has 2 atom stereocenters. The molecule has 0 aliphatic carbocycles. The molecule has 1 heterocycles. The van der Waals surface area contributed by atoms with Crippen LogP contribution in [0.1, 0.15) is 29.0 Å². The minimum atomic E-state index is -1.32. The molecule has 43 heavy (non-hydrogen) atoms. The first kappa shape index (κ1) is 30.7. The van der Waals surface area contributed by atoms with E-state index in [1.54, 1.807) is 5.06 Å². The van der Waals surface area contributed by atoms with Crippen LogP contribution in [0, 0.1) is 5.82 Å². The fraction of sp³-hybridized carbons (Fsp3) is 0.343. The number of carbonyl (C=O) groups is 1. The summed E-state index contributed by atoms with van der Waals surface area (Å²) in [6.07, 6.45) is -0.263. The Morgan fingerprint density at radius 1 is 0.907 bits per heavy atom. The van der Waals surface area contributed by atoms with Crippen LogP contribution in [0.5, 0.6) is 5.75 Å². The van der Waals surface area contributed by atoms with E-state index in [9.17, 15) is 9.18 Å². The van der Waals surface area contributed by atoms with Crippen LogP contribution in [-0.2, 0) is 27.5 Å². The fourth-order valence-electron chi connectivity index (χ4n) is 5.26. The number of hydrogen-bond acceptors (Lipinski definition) is 6. The van der Waals surface area contributed by atoms with Crippen molar-refractivity contribution in [3.8, 4) is 5.75 Å². The molecular weight excluding hydrogens is 561 g/mol. The van der Waals surface area contributed by atoms with E-state index in [-0.39, 0.29) is 17.8 Å². The van der Waals surface area contributed by atoms with E-state index in [0.717, 1.165) is 39.3 Å². The van der Waals surface area contributed by atoms with Crippen molar-refractivity contribution in [2.45, 2.75) is 57.3 Å². The number of ether oxygens (including phenoxy) is 3. The zero-order chi connectivity index (χ0) is 30.2. The molecule has 1 saturated heterocycles. The number of benzene rings is 4. The van der Waals surface area contributed by atoms with E-state index in [1.807, 2.05) is 42.5 Å². The van der Waals surface area contributed by atoms with Crippen LogP contribution < -0.4 is 4.74 Å². The van der Waals surface area contributed by atoms with Gasteiger partial charge < -0.3 is 19.0 Å². The monoisotopic (exact) mass is 601 g/mol. The van der Waals surface area contributed by atoms with Crippen LogP contribution in [0.3, 0.4) is 0 Å². The molecule has 4 aromatic rings. The van der Waals surface area contributed by atoms with Crippen molar-refractivity contribution in [3.05, 3.63) is 114 Å². The van der Waals surface area contributed by atoms with Crippen molar-refractivity contribution in [1.82, 2.24) is 5.06 Å². The summed E-state index contributed by atoms with van der Waals surface area (Å²) in [6.45, 7) is 8.86. The molecule has 1 aliphatic rings. The minimum Gasteiger partial charge on any atom is -0.488 e. The van der Waals surface area contributed by atoms with Gasteiger partial charge in [0.2, 0.25) is 0 Å². The fourth-order valence-corrected chi connectivity index (χ4v) is 5.98. The Balaban J connectivity index is 1.25. The molecule has 5 rings (SSSR count). The first-order chi connectivity index (χ1) is 20.7. The summed E-state index contributed by atoms with van der Waals surface area (Å²) in [5.74, 6) is 0.593. The predicted octanol–water partition coefficient (Wildman–Crippen LogP) is 8.34.